The van der Waals surface area contributed by atoms with Crippen molar-refractivity contribution in [2.24, 2.45) is 0 Å². The second-order valence-electron chi connectivity index (χ2n) is 7.70. The number of nitrogens with zero attached hydrogens (tertiary/aromatic N) is 3. The molecular formula is C25H24N4O4. The van der Waals surface area contributed by atoms with Crippen LogP contribution in [0.4, 0.5) is 0 Å². The molecule has 0 saturated carbocycles. The monoisotopic (exact) mass is 444 g/mol. The van der Waals surface area contributed by atoms with E-state index in [1.807, 2.05) is 49.4 Å². The maximum Gasteiger partial charge on any atom is 0.318 e. The van der Waals surface area contributed by atoms with Crippen molar-refractivity contribution >= 4 is 17.1 Å². The molecule has 0 bridgehead atoms. The van der Waals surface area contributed by atoms with Crippen LogP contribution in [-0.4, -0.2) is 27.1 Å². The molecule has 2 aromatic carbocycles. The van der Waals surface area contributed by atoms with Gasteiger partial charge in [0.15, 0.2) is 5.65 Å². The topological polar surface area (TPSA) is 95.2 Å². The summed E-state index contributed by atoms with van der Waals surface area (Å²) in [7, 11) is 1.56. The summed E-state index contributed by atoms with van der Waals surface area (Å²) in [4.78, 5) is 42.9. The number of amides is 1. The summed E-state index contributed by atoms with van der Waals surface area (Å²) in [5.74, 6) is 0.257. The lowest BCUT2D eigenvalue weighted by Gasteiger charge is -2.15. The summed E-state index contributed by atoms with van der Waals surface area (Å²) in [5.41, 5.74) is 2.06. The molecule has 2 aromatic heterocycles. The number of fused-ring (bicyclic) bond motifs is 1. The van der Waals surface area contributed by atoms with Gasteiger partial charge in [-0.2, -0.15) is 0 Å². The van der Waals surface area contributed by atoms with Gasteiger partial charge in [0.25, 0.3) is 0 Å². The van der Waals surface area contributed by atoms with Crippen molar-refractivity contribution in [1.29, 1.82) is 0 Å². The Labute approximate surface area is 190 Å². The quantitative estimate of drug-likeness (QED) is 0.441. The van der Waals surface area contributed by atoms with E-state index in [0.29, 0.717) is 16.9 Å². The average Bonchev–Trinajstić information content (AvgIpc) is 2.84. The molecule has 33 heavy (non-hydrogen) atoms. The van der Waals surface area contributed by atoms with Crippen molar-refractivity contribution in [2.75, 3.05) is 7.11 Å². The van der Waals surface area contributed by atoms with Crippen LogP contribution in [0.15, 0.2) is 76.4 Å². The van der Waals surface area contributed by atoms with Gasteiger partial charge in [-0.1, -0.05) is 48.0 Å². The largest absolute Gasteiger partial charge is 0.496 e. The minimum absolute atomic E-state index is 0.211. The zero-order valence-corrected chi connectivity index (χ0v) is 18.4. The Kier molecular flexibility index (Phi) is 6.35. The SMILES string of the molecule is COc1ccccc1CNC(=O)Cn1c(=O)c(=O)n(Cc2ccc(C)cc2)c2ncccc21. The number of carbonyl (C=O) groups excluding carboxylic acids is 1. The molecule has 168 valence electrons. The first-order chi connectivity index (χ1) is 16.0. The molecule has 1 N–H and O–H groups in total. The maximum atomic E-state index is 13.0. The highest BCUT2D eigenvalue weighted by Crippen LogP contribution is 2.16. The van der Waals surface area contributed by atoms with Crippen LogP contribution in [0.5, 0.6) is 5.75 Å². The fourth-order valence-electron chi connectivity index (χ4n) is 3.67. The smallest absolute Gasteiger partial charge is 0.318 e. The molecule has 4 rings (SSSR count). The van der Waals surface area contributed by atoms with E-state index in [-0.39, 0.29) is 19.6 Å². The molecule has 8 heteroatoms. The van der Waals surface area contributed by atoms with Crippen LogP contribution >= 0.6 is 0 Å². The van der Waals surface area contributed by atoms with E-state index in [1.54, 1.807) is 31.5 Å². The van der Waals surface area contributed by atoms with Gasteiger partial charge in [0, 0.05) is 18.3 Å². The van der Waals surface area contributed by atoms with Gasteiger partial charge in [-0.3, -0.25) is 23.5 Å². The van der Waals surface area contributed by atoms with E-state index in [2.05, 4.69) is 10.3 Å². The summed E-state index contributed by atoms with van der Waals surface area (Å²) < 4.78 is 7.83. The maximum absolute atomic E-state index is 13.0. The normalized spacial score (nSPS) is 10.8. The molecular weight excluding hydrogens is 420 g/mol. The summed E-state index contributed by atoms with van der Waals surface area (Å²) in [5, 5.41) is 2.79. The summed E-state index contributed by atoms with van der Waals surface area (Å²) in [6.07, 6.45) is 1.56. The number of carbonyl (C=O) groups is 1. The van der Waals surface area contributed by atoms with Gasteiger partial charge < -0.3 is 10.1 Å². The highest BCUT2D eigenvalue weighted by atomic mass is 16.5. The van der Waals surface area contributed by atoms with Crippen LogP contribution < -0.4 is 21.2 Å². The van der Waals surface area contributed by atoms with Crippen molar-refractivity contribution in [1.82, 2.24) is 19.4 Å². The van der Waals surface area contributed by atoms with Crippen molar-refractivity contribution in [3.05, 3.63) is 104 Å². The van der Waals surface area contributed by atoms with E-state index in [4.69, 9.17) is 4.74 Å². The van der Waals surface area contributed by atoms with Crippen molar-refractivity contribution < 1.29 is 9.53 Å². The Morgan fingerprint density at radius 3 is 2.45 bits per heavy atom. The van der Waals surface area contributed by atoms with Gasteiger partial charge in [-0.05, 0) is 30.7 Å². The number of ether oxygens (including phenoxy) is 1. The van der Waals surface area contributed by atoms with Crippen molar-refractivity contribution in [3.63, 3.8) is 0 Å². The first kappa shape index (κ1) is 22.0. The Balaban J connectivity index is 1.64. The number of nitrogens with one attached hydrogen (secondary N) is 1. The van der Waals surface area contributed by atoms with Crippen LogP contribution in [0.25, 0.3) is 11.2 Å². The molecule has 0 saturated heterocycles. The first-order valence-corrected chi connectivity index (χ1v) is 10.5. The highest BCUT2D eigenvalue weighted by Gasteiger charge is 2.16. The molecule has 2 heterocycles. The van der Waals surface area contributed by atoms with Crippen LogP contribution in [0.1, 0.15) is 16.7 Å². The molecule has 0 aliphatic rings. The fourth-order valence-corrected chi connectivity index (χ4v) is 3.67. The number of methoxy groups -OCH3 is 1. The third-order valence-electron chi connectivity index (χ3n) is 5.42. The molecule has 0 fully saturated rings. The van der Waals surface area contributed by atoms with E-state index < -0.39 is 17.0 Å². The highest BCUT2D eigenvalue weighted by molar-refractivity contribution is 5.78. The third kappa shape index (κ3) is 4.69. The first-order valence-electron chi connectivity index (χ1n) is 10.5. The van der Waals surface area contributed by atoms with Crippen molar-refractivity contribution in [3.8, 4) is 5.75 Å². The van der Waals surface area contributed by atoms with Gasteiger partial charge in [-0.15, -0.1) is 0 Å². The Bertz CT molecular complexity index is 1420. The van der Waals surface area contributed by atoms with E-state index in [1.165, 1.54) is 9.13 Å². The Hall–Kier alpha value is -4.20. The zero-order chi connectivity index (χ0) is 23.4. The summed E-state index contributed by atoms with van der Waals surface area (Å²) in [6, 6.07) is 18.4. The second kappa shape index (κ2) is 9.52. The van der Waals surface area contributed by atoms with E-state index in [0.717, 1.165) is 16.7 Å². The lowest BCUT2D eigenvalue weighted by molar-refractivity contribution is -0.121. The molecule has 0 aliphatic carbocycles. The zero-order valence-electron chi connectivity index (χ0n) is 18.4. The lowest BCUT2D eigenvalue weighted by Crippen LogP contribution is -2.44. The molecule has 1 amide bonds. The number of para-hydroxylation sites is 1. The second-order valence-corrected chi connectivity index (χ2v) is 7.70. The standard InChI is InChI=1S/C25H24N4O4/c1-17-9-11-18(12-10-17)15-29-23-20(7-5-13-26-23)28(24(31)25(29)32)16-22(30)27-14-19-6-3-4-8-21(19)33-2/h3-13H,14-16H2,1-2H3,(H,27,30). The van der Waals surface area contributed by atoms with Crippen molar-refractivity contribution in [2.45, 2.75) is 26.6 Å². The third-order valence-corrected chi connectivity index (χ3v) is 5.42. The minimum atomic E-state index is -0.768. The number of hydrogen-bond donors (Lipinski definition) is 1. The predicted molar refractivity (Wildman–Crippen MR) is 125 cm³/mol. The number of hydrogen-bond acceptors (Lipinski definition) is 5. The van der Waals surface area contributed by atoms with Gasteiger partial charge >= 0.3 is 11.1 Å². The Morgan fingerprint density at radius 1 is 0.970 bits per heavy atom. The number of benzene rings is 2. The van der Waals surface area contributed by atoms with Crippen LogP contribution in [0.2, 0.25) is 0 Å². The van der Waals surface area contributed by atoms with Gasteiger partial charge in [0.1, 0.15) is 12.3 Å². The molecule has 0 spiro atoms. The van der Waals surface area contributed by atoms with Crippen LogP contribution in [-0.2, 0) is 24.4 Å². The van der Waals surface area contributed by atoms with E-state index in [9.17, 15) is 14.4 Å². The number of pyridine rings is 1. The molecule has 0 aliphatic heterocycles. The molecule has 0 atom stereocenters. The molecule has 0 unspecified atom stereocenters. The summed E-state index contributed by atoms with van der Waals surface area (Å²) in [6.45, 7) is 2.13. The van der Waals surface area contributed by atoms with Gasteiger partial charge in [0.05, 0.1) is 19.2 Å². The lowest BCUT2D eigenvalue weighted by atomic mass is 10.1. The predicted octanol–water partition coefficient (Wildman–Crippen LogP) is 2.24. The minimum Gasteiger partial charge on any atom is -0.496 e. The summed E-state index contributed by atoms with van der Waals surface area (Å²) >= 11 is 0. The number of aromatic nitrogens is 3. The molecule has 4 aromatic rings. The molecule has 8 nitrogen and oxygen atoms in total. The van der Waals surface area contributed by atoms with Crippen LogP contribution in [0.3, 0.4) is 0 Å². The van der Waals surface area contributed by atoms with Gasteiger partial charge in [0.2, 0.25) is 5.91 Å². The fraction of sp³-hybridized carbons (Fsp3) is 0.200. The molecule has 0 radical (unpaired) electrons. The van der Waals surface area contributed by atoms with E-state index >= 15 is 0 Å². The van der Waals surface area contributed by atoms with Crippen LogP contribution in [0, 0.1) is 6.92 Å². The average molecular weight is 444 g/mol. The van der Waals surface area contributed by atoms with Gasteiger partial charge in [-0.25, -0.2) is 4.98 Å². The Morgan fingerprint density at radius 2 is 1.70 bits per heavy atom. The number of rotatable bonds is 7. The number of aryl methyl sites for hydroxylation is 1.